The number of benzene rings is 1. The Morgan fingerprint density at radius 3 is 2.58 bits per heavy atom. The molecule has 0 aliphatic heterocycles. The van der Waals surface area contributed by atoms with Crippen LogP contribution >= 0.6 is 11.6 Å². The summed E-state index contributed by atoms with van der Waals surface area (Å²) >= 11 is 5.55. The molecule has 8 heteroatoms. The molecule has 0 saturated heterocycles. The first-order valence-electron chi connectivity index (χ1n) is 5.10. The molecule has 104 valence electrons. The van der Waals surface area contributed by atoms with E-state index >= 15 is 0 Å². The second-order valence-electron chi connectivity index (χ2n) is 3.37. The first-order valence-corrected chi connectivity index (χ1v) is 5.48. The summed E-state index contributed by atoms with van der Waals surface area (Å²) in [6.07, 6.45) is 0. The summed E-state index contributed by atoms with van der Waals surface area (Å²) in [7, 11) is 0. The van der Waals surface area contributed by atoms with Crippen molar-refractivity contribution in [2.75, 3.05) is 11.9 Å². The minimum atomic E-state index is -4.35. The summed E-state index contributed by atoms with van der Waals surface area (Å²) in [4.78, 5) is 22.2. The highest BCUT2D eigenvalue weighted by Gasteiger charge is 2.49. The van der Waals surface area contributed by atoms with Crippen molar-refractivity contribution in [3.05, 3.63) is 29.0 Å². The standard InChI is InChI=1S/C11H9ClF3NO3/c1-2-19-10(18)11(14,15)9(17)16-8-4-3-6(13)5-7(8)12/h3-5H,2H2,1H3,(H,16,17). The summed E-state index contributed by atoms with van der Waals surface area (Å²) in [6.45, 7) is 1.03. The number of rotatable bonds is 4. The highest BCUT2D eigenvalue weighted by molar-refractivity contribution is 6.34. The largest absolute Gasteiger partial charge is 0.461 e. The van der Waals surface area contributed by atoms with Gasteiger partial charge in [0.2, 0.25) is 0 Å². The van der Waals surface area contributed by atoms with Crippen molar-refractivity contribution < 1.29 is 27.5 Å². The molecule has 1 aromatic rings. The Labute approximate surface area is 111 Å². The summed E-state index contributed by atoms with van der Waals surface area (Å²) in [5.41, 5.74) is -0.239. The van der Waals surface area contributed by atoms with Gasteiger partial charge in [0.1, 0.15) is 5.82 Å². The second-order valence-corrected chi connectivity index (χ2v) is 3.78. The number of amides is 1. The number of alkyl halides is 2. The molecule has 0 bridgehead atoms. The van der Waals surface area contributed by atoms with Gasteiger partial charge in [0.15, 0.2) is 0 Å². The Balaban J connectivity index is 2.87. The maximum absolute atomic E-state index is 13.3. The Morgan fingerprint density at radius 1 is 1.42 bits per heavy atom. The number of anilines is 1. The Morgan fingerprint density at radius 2 is 2.05 bits per heavy atom. The molecule has 1 aromatic carbocycles. The maximum atomic E-state index is 13.3. The number of nitrogens with one attached hydrogen (secondary N) is 1. The minimum Gasteiger partial charge on any atom is -0.461 e. The first-order chi connectivity index (χ1) is 8.78. The van der Waals surface area contributed by atoms with Crippen LogP contribution < -0.4 is 5.32 Å². The van der Waals surface area contributed by atoms with Gasteiger partial charge < -0.3 is 10.1 Å². The van der Waals surface area contributed by atoms with Gasteiger partial charge in [0.05, 0.1) is 17.3 Å². The molecular weight excluding hydrogens is 287 g/mol. The molecule has 0 heterocycles. The molecule has 0 fully saturated rings. The van der Waals surface area contributed by atoms with E-state index < -0.39 is 23.6 Å². The molecule has 1 rings (SSSR count). The summed E-state index contributed by atoms with van der Waals surface area (Å²) in [5, 5.41) is 1.46. The van der Waals surface area contributed by atoms with E-state index in [9.17, 15) is 22.8 Å². The average molecular weight is 296 g/mol. The van der Waals surface area contributed by atoms with Gasteiger partial charge in [-0.15, -0.1) is 0 Å². The average Bonchev–Trinajstić information content (AvgIpc) is 2.32. The van der Waals surface area contributed by atoms with Crippen molar-refractivity contribution in [3.63, 3.8) is 0 Å². The highest BCUT2D eigenvalue weighted by atomic mass is 35.5. The third kappa shape index (κ3) is 3.60. The first kappa shape index (κ1) is 15.3. The smallest absolute Gasteiger partial charge is 0.419 e. The van der Waals surface area contributed by atoms with Crippen LogP contribution in [0, 0.1) is 5.82 Å². The summed E-state index contributed by atoms with van der Waals surface area (Å²) in [5.74, 6) is -8.92. The van der Waals surface area contributed by atoms with E-state index in [0.29, 0.717) is 0 Å². The molecular formula is C11H9ClF3NO3. The van der Waals surface area contributed by atoms with Gasteiger partial charge in [-0.3, -0.25) is 4.79 Å². The number of carbonyl (C=O) groups is 2. The fourth-order valence-corrected chi connectivity index (χ4v) is 1.32. The van der Waals surface area contributed by atoms with Crippen LogP contribution in [-0.4, -0.2) is 24.4 Å². The lowest BCUT2D eigenvalue weighted by Crippen LogP contribution is -2.43. The van der Waals surface area contributed by atoms with E-state index in [4.69, 9.17) is 11.6 Å². The molecule has 0 unspecified atom stereocenters. The molecule has 0 saturated carbocycles. The van der Waals surface area contributed by atoms with Crippen molar-refractivity contribution in [2.24, 2.45) is 0 Å². The van der Waals surface area contributed by atoms with Crippen molar-refractivity contribution in [3.8, 4) is 0 Å². The van der Waals surface area contributed by atoms with E-state index in [1.54, 1.807) is 5.32 Å². The zero-order valence-corrected chi connectivity index (χ0v) is 10.4. The summed E-state index contributed by atoms with van der Waals surface area (Å²) in [6, 6.07) is 2.75. The maximum Gasteiger partial charge on any atom is 0.419 e. The lowest BCUT2D eigenvalue weighted by molar-refractivity contribution is -0.175. The van der Waals surface area contributed by atoms with Crippen molar-refractivity contribution in [2.45, 2.75) is 12.8 Å². The monoisotopic (exact) mass is 295 g/mol. The van der Waals surface area contributed by atoms with Crippen LogP contribution in [0.5, 0.6) is 0 Å². The van der Waals surface area contributed by atoms with E-state index in [-0.39, 0.29) is 17.3 Å². The molecule has 1 N–H and O–H groups in total. The molecule has 0 atom stereocenters. The molecule has 0 aromatic heterocycles. The number of ether oxygens (including phenoxy) is 1. The normalized spacial score (nSPS) is 11.0. The van der Waals surface area contributed by atoms with Crippen LogP contribution in [0.1, 0.15) is 6.92 Å². The van der Waals surface area contributed by atoms with Crippen molar-refractivity contribution >= 4 is 29.2 Å². The van der Waals surface area contributed by atoms with Crippen LogP contribution in [-0.2, 0) is 14.3 Å². The van der Waals surface area contributed by atoms with E-state index in [0.717, 1.165) is 18.2 Å². The van der Waals surface area contributed by atoms with Gasteiger partial charge in [-0.1, -0.05) is 11.6 Å². The predicted octanol–water partition coefficient (Wildman–Crippen LogP) is 2.62. The molecule has 0 spiro atoms. The molecule has 19 heavy (non-hydrogen) atoms. The van der Waals surface area contributed by atoms with Crippen molar-refractivity contribution in [1.29, 1.82) is 0 Å². The number of halogens is 4. The third-order valence-corrected chi connectivity index (χ3v) is 2.31. The van der Waals surface area contributed by atoms with Gasteiger partial charge in [-0.25, -0.2) is 9.18 Å². The van der Waals surface area contributed by atoms with Crippen LogP contribution in [0.3, 0.4) is 0 Å². The number of hydrogen-bond acceptors (Lipinski definition) is 3. The predicted molar refractivity (Wildman–Crippen MR) is 61.6 cm³/mol. The van der Waals surface area contributed by atoms with Gasteiger partial charge in [0, 0.05) is 0 Å². The highest BCUT2D eigenvalue weighted by Crippen LogP contribution is 2.25. The Hall–Kier alpha value is -1.76. The van der Waals surface area contributed by atoms with Gasteiger partial charge in [-0.2, -0.15) is 8.78 Å². The number of esters is 1. The topological polar surface area (TPSA) is 55.4 Å². The minimum absolute atomic E-state index is 0.239. The fourth-order valence-electron chi connectivity index (χ4n) is 1.11. The molecule has 0 aliphatic carbocycles. The van der Waals surface area contributed by atoms with Crippen LogP contribution in [0.15, 0.2) is 18.2 Å². The fraction of sp³-hybridized carbons (Fsp3) is 0.273. The third-order valence-electron chi connectivity index (χ3n) is 2.00. The second kappa shape index (κ2) is 5.92. The SMILES string of the molecule is CCOC(=O)C(F)(F)C(=O)Nc1ccc(F)cc1Cl. The zero-order valence-electron chi connectivity index (χ0n) is 9.68. The Bertz CT molecular complexity index is 508. The lowest BCUT2D eigenvalue weighted by atomic mass is 10.2. The van der Waals surface area contributed by atoms with E-state index in [2.05, 4.69) is 4.74 Å². The van der Waals surface area contributed by atoms with Crippen LogP contribution in [0.25, 0.3) is 0 Å². The van der Waals surface area contributed by atoms with Gasteiger partial charge in [0.25, 0.3) is 0 Å². The number of carbonyl (C=O) groups excluding carboxylic acids is 2. The number of hydrogen-bond donors (Lipinski definition) is 1. The molecule has 4 nitrogen and oxygen atoms in total. The van der Waals surface area contributed by atoms with Crippen LogP contribution in [0.2, 0.25) is 5.02 Å². The quantitative estimate of drug-likeness (QED) is 0.686. The molecule has 0 radical (unpaired) electrons. The summed E-state index contributed by atoms with van der Waals surface area (Å²) < 4.78 is 43.4. The lowest BCUT2D eigenvalue weighted by Gasteiger charge is -2.14. The zero-order chi connectivity index (χ0) is 14.6. The van der Waals surface area contributed by atoms with E-state index in [1.807, 2.05) is 0 Å². The van der Waals surface area contributed by atoms with Gasteiger partial charge in [-0.05, 0) is 25.1 Å². The van der Waals surface area contributed by atoms with Crippen LogP contribution in [0.4, 0.5) is 18.9 Å². The Kier molecular flexibility index (Phi) is 4.77. The van der Waals surface area contributed by atoms with E-state index in [1.165, 1.54) is 6.92 Å². The molecule has 1 amide bonds. The van der Waals surface area contributed by atoms with Gasteiger partial charge >= 0.3 is 17.8 Å². The molecule has 0 aliphatic rings. The van der Waals surface area contributed by atoms with Crippen molar-refractivity contribution in [1.82, 2.24) is 0 Å².